The van der Waals surface area contributed by atoms with Crippen LogP contribution >= 0.6 is 30.4 Å². The molecule has 0 radical (unpaired) electrons. The molecule has 0 aromatic carbocycles. The van der Waals surface area contributed by atoms with Gasteiger partial charge in [-0.05, 0) is 29.0 Å². The summed E-state index contributed by atoms with van der Waals surface area (Å²) in [5, 5.41) is 17.1. The van der Waals surface area contributed by atoms with Crippen molar-refractivity contribution in [3.8, 4) is 0 Å². The minimum Gasteiger partial charge on any atom is -0.809 e. The Hall–Kier alpha value is 2.49. The van der Waals surface area contributed by atoms with Crippen molar-refractivity contribution in [3.05, 3.63) is 24.7 Å². The van der Waals surface area contributed by atoms with Crippen LogP contribution in [0.1, 0.15) is 13.8 Å². The molecule has 0 amide bonds. The molecule has 14 nitrogen and oxygen atoms in total. The van der Waals surface area contributed by atoms with Crippen molar-refractivity contribution in [2.75, 3.05) is 0 Å². The van der Waals surface area contributed by atoms with Crippen LogP contribution in [0.4, 0.5) is 0 Å². The number of rotatable bonds is 8. The summed E-state index contributed by atoms with van der Waals surface area (Å²) in [6, 6.07) is 0. The van der Waals surface area contributed by atoms with Crippen LogP contribution < -0.4 is 29.4 Å². The normalized spacial score (nSPS) is 16.9. The van der Waals surface area contributed by atoms with Crippen LogP contribution in [0.3, 0.4) is 0 Å². The number of hydrogen-bond acceptors (Lipinski definition) is 14. The number of allylic oxidation sites excluding steroid dienone is 2. The van der Waals surface area contributed by atoms with Gasteiger partial charge in [-0.3, -0.25) is 9.13 Å². The molecule has 4 atom stereocenters. The van der Waals surface area contributed by atoms with E-state index in [0.29, 0.717) is 0 Å². The quantitative estimate of drug-likeness (QED) is 0.136. The van der Waals surface area contributed by atoms with Crippen molar-refractivity contribution in [1.29, 1.82) is 0 Å². The maximum atomic E-state index is 10.7. The smallest absolute Gasteiger partial charge is 0.809 e. The Morgan fingerprint density at radius 1 is 0.690 bits per heavy atom. The van der Waals surface area contributed by atoms with Crippen molar-refractivity contribution in [2.24, 2.45) is 0 Å². The third-order valence-corrected chi connectivity index (χ3v) is 8.49. The summed E-state index contributed by atoms with van der Waals surface area (Å²) in [7, 11) is -21.5. The molecule has 4 unspecified atom stereocenters. The first-order chi connectivity index (χ1) is 11.1. The van der Waals surface area contributed by atoms with Gasteiger partial charge in [-0.2, -0.15) is 0 Å². The van der Waals surface area contributed by atoms with Gasteiger partial charge in [-0.15, -0.1) is 0 Å². The van der Waals surface area contributed by atoms with Crippen LogP contribution in [0.5, 0.6) is 0 Å². The molecule has 0 aliphatic rings. The Morgan fingerprint density at radius 3 is 0.966 bits per heavy atom. The molecule has 0 spiro atoms. The van der Waals surface area contributed by atoms with Crippen LogP contribution in [0.2, 0.25) is 0 Å². The Bertz CT molecular complexity index is 656. The van der Waals surface area contributed by atoms with Crippen molar-refractivity contribution in [1.82, 2.24) is 0 Å². The fourth-order valence-corrected chi connectivity index (χ4v) is 4.99. The van der Waals surface area contributed by atoms with E-state index in [4.69, 9.17) is 10.2 Å². The van der Waals surface area contributed by atoms with Crippen molar-refractivity contribution in [3.63, 3.8) is 0 Å². The van der Waals surface area contributed by atoms with Gasteiger partial charge >= 0.3 is 83.0 Å². The molecule has 0 aliphatic heterocycles. The number of hydrogen-bond donors (Lipinski definition) is 2. The average molecular weight is 1060 g/mol. The predicted octanol–water partition coefficient (Wildman–Crippen LogP) is -3.45. The second-order valence-corrected chi connectivity index (χ2v) is 11.9. The summed E-state index contributed by atoms with van der Waals surface area (Å²) in [5.41, 5.74) is -6.15. The Balaban J connectivity index is -0.000000120. The summed E-state index contributed by atoms with van der Waals surface area (Å²) in [5.74, 6) is -0.684. The van der Waals surface area contributed by atoms with Crippen LogP contribution in [0, 0.1) is 0 Å². The molecule has 0 fully saturated rings. The molecule has 156 valence electrons. The number of aliphatic hydroxyl groups is 2. The first-order valence-electron chi connectivity index (χ1n) is 5.86. The summed E-state index contributed by atoms with van der Waals surface area (Å²) >= 11 is 0. The molecule has 21 heteroatoms. The van der Waals surface area contributed by atoms with E-state index in [0.717, 1.165) is 13.8 Å². The summed E-state index contributed by atoms with van der Waals surface area (Å²) < 4.78 is 49.4. The minimum absolute atomic E-state index is 0. The molecular formula is C8H14Hg3O14P4. The first-order valence-corrected chi connectivity index (χ1v) is 12.3. The summed E-state index contributed by atoms with van der Waals surface area (Å²) in [6.07, 6.45) is 0. The zero-order valence-corrected chi connectivity index (χ0v) is 35.3. The molecule has 0 saturated heterocycles. The van der Waals surface area contributed by atoms with E-state index < -0.39 is 41.6 Å². The maximum absolute atomic E-state index is 10.7. The fraction of sp³-hybridized carbons (Fsp3) is 0.500. The molecule has 0 rings (SSSR count). The van der Waals surface area contributed by atoms with Crippen LogP contribution in [0.15, 0.2) is 24.7 Å². The van der Waals surface area contributed by atoms with Gasteiger partial charge < -0.3 is 57.8 Å². The molecule has 0 saturated carbocycles. The van der Waals surface area contributed by atoms with Crippen molar-refractivity contribution < 1.29 is 150 Å². The Kier molecular flexibility index (Phi) is 23.3. The minimum atomic E-state index is -5.62. The Morgan fingerprint density at radius 2 is 0.862 bits per heavy atom. The van der Waals surface area contributed by atoms with E-state index in [9.17, 15) is 47.6 Å². The zero-order valence-electron chi connectivity index (χ0n) is 15.3. The first kappa shape index (κ1) is 41.7. The molecule has 0 aromatic rings. The van der Waals surface area contributed by atoms with E-state index in [1.54, 1.807) is 0 Å². The maximum Gasteiger partial charge on any atom is 2.00 e. The third-order valence-electron chi connectivity index (χ3n) is 1.70. The zero-order chi connectivity index (χ0) is 21.7. The molecule has 29 heavy (non-hydrogen) atoms. The van der Waals surface area contributed by atoms with Crippen LogP contribution in [0.25, 0.3) is 0 Å². The van der Waals surface area contributed by atoms with Crippen molar-refractivity contribution >= 4 is 30.4 Å². The second-order valence-electron chi connectivity index (χ2n) is 4.44. The molecular weight excluding hydrogens is 1050 g/mol. The SMILES string of the molecule is C=C(C)OP(=O)([O-])C(O)P(=O)([O-])[O-].C=C(C)OP(=O)([O-])C(O)P(=O)([O-])[O-].[Hg+2].[Hg+2].[Hg+2]. The largest absolute Gasteiger partial charge is 2.00 e. The molecule has 0 aliphatic carbocycles. The fourth-order valence-electron chi connectivity index (χ4n) is 0.875. The molecule has 2 N–H and O–H groups in total. The van der Waals surface area contributed by atoms with Gasteiger partial charge in [0.15, 0.2) is 11.2 Å². The van der Waals surface area contributed by atoms with E-state index in [-0.39, 0.29) is 94.5 Å². The number of aliphatic hydroxyl groups excluding tert-OH is 2. The van der Waals surface area contributed by atoms with E-state index in [2.05, 4.69) is 22.2 Å². The second kappa shape index (κ2) is 16.2. The van der Waals surface area contributed by atoms with Gasteiger partial charge in [0, 0.05) is 0 Å². The van der Waals surface area contributed by atoms with Crippen LogP contribution in [-0.2, 0) is 110 Å². The van der Waals surface area contributed by atoms with Crippen molar-refractivity contribution in [2.45, 2.75) is 25.0 Å². The third kappa shape index (κ3) is 18.6. The standard InChI is InChI=1S/2C4H10O7P2.3Hg/c2*1-3(2)11-13(9,10)4(5)12(6,7)8;;;/h2*4-5H,1H2,2H3,(H,9,10)(H2,6,7,8);;;/q;;3*+2/p-6. The summed E-state index contributed by atoms with van der Waals surface area (Å²) in [6.45, 7) is 8.26. The van der Waals surface area contributed by atoms with Crippen LogP contribution in [-0.4, -0.2) is 21.4 Å². The monoisotopic (exact) mass is 1060 g/mol. The van der Waals surface area contributed by atoms with Gasteiger partial charge in [0.2, 0.25) is 15.2 Å². The predicted molar refractivity (Wildman–Crippen MR) is 74.2 cm³/mol. The van der Waals surface area contributed by atoms with Gasteiger partial charge in [0.1, 0.15) is 0 Å². The van der Waals surface area contributed by atoms with Gasteiger partial charge in [-0.1, -0.05) is 13.2 Å². The van der Waals surface area contributed by atoms with E-state index in [1.165, 1.54) is 0 Å². The molecule has 0 aromatic heterocycles. The summed E-state index contributed by atoms with van der Waals surface area (Å²) in [4.78, 5) is 61.8. The Labute approximate surface area is 227 Å². The van der Waals surface area contributed by atoms with E-state index >= 15 is 0 Å². The topological polar surface area (TPSA) is 266 Å². The van der Waals surface area contributed by atoms with Gasteiger partial charge in [0.25, 0.3) is 0 Å². The molecule has 0 bridgehead atoms. The van der Waals surface area contributed by atoms with Gasteiger partial charge in [0.05, 0.1) is 11.5 Å². The van der Waals surface area contributed by atoms with E-state index in [1.807, 2.05) is 0 Å². The molecule has 0 heterocycles. The van der Waals surface area contributed by atoms with Gasteiger partial charge in [-0.25, -0.2) is 0 Å². The average Bonchev–Trinajstić information content (AvgIpc) is 2.32.